The molecular formula is C18H21N5O3. The lowest BCUT2D eigenvalue weighted by atomic mass is 10.2. The standard InChI is InChI=1S/C18H21N5O3/c1-21-11-14(10-20-21)12-22-5-3-6-23(8-7-22)18(24)16-17(26-13-19-16)15-4-2-9-25-15/h2,4,9-11,13H,3,5-8,12H2,1H3. The van der Waals surface area contributed by atoms with Crippen molar-refractivity contribution in [1.29, 1.82) is 0 Å². The fourth-order valence-corrected chi connectivity index (χ4v) is 3.27. The van der Waals surface area contributed by atoms with Crippen molar-refractivity contribution in [3.8, 4) is 11.5 Å². The van der Waals surface area contributed by atoms with Crippen LogP contribution in [0.1, 0.15) is 22.5 Å². The summed E-state index contributed by atoms with van der Waals surface area (Å²) >= 11 is 0. The van der Waals surface area contributed by atoms with E-state index in [9.17, 15) is 4.79 Å². The highest BCUT2D eigenvalue weighted by Crippen LogP contribution is 2.25. The van der Waals surface area contributed by atoms with Crippen LogP contribution in [0.4, 0.5) is 0 Å². The van der Waals surface area contributed by atoms with E-state index < -0.39 is 0 Å². The lowest BCUT2D eigenvalue weighted by molar-refractivity contribution is 0.0756. The van der Waals surface area contributed by atoms with Crippen LogP contribution in [-0.4, -0.2) is 56.7 Å². The zero-order valence-electron chi connectivity index (χ0n) is 14.7. The maximum Gasteiger partial charge on any atom is 0.276 e. The summed E-state index contributed by atoms with van der Waals surface area (Å²) in [6.07, 6.45) is 7.67. The average molecular weight is 355 g/mol. The SMILES string of the molecule is Cn1cc(CN2CCCN(C(=O)c3ncoc3-c3ccco3)CC2)cn1. The molecule has 3 aromatic rings. The number of aryl methyl sites for hydroxylation is 1. The van der Waals surface area contributed by atoms with E-state index in [1.807, 2.05) is 29.0 Å². The van der Waals surface area contributed by atoms with Crippen molar-refractivity contribution in [2.75, 3.05) is 26.2 Å². The van der Waals surface area contributed by atoms with Gasteiger partial charge in [0.2, 0.25) is 5.76 Å². The number of oxazole rings is 1. The first kappa shape index (κ1) is 16.6. The van der Waals surface area contributed by atoms with Crippen molar-refractivity contribution in [2.45, 2.75) is 13.0 Å². The summed E-state index contributed by atoms with van der Waals surface area (Å²) in [5, 5.41) is 4.21. The van der Waals surface area contributed by atoms with Gasteiger partial charge in [-0.25, -0.2) is 4.98 Å². The molecule has 1 aliphatic heterocycles. The minimum absolute atomic E-state index is 0.117. The van der Waals surface area contributed by atoms with Gasteiger partial charge in [-0.15, -0.1) is 0 Å². The van der Waals surface area contributed by atoms with Crippen LogP contribution in [-0.2, 0) is 13.6 Å². The van der Waals surface area contributed by atoms with Crippen molar-refractivity contribution >= 4 is 5.91 Å². The van der Waals surface area contributed by atoms with Gasteiger partial charge in [-0.2, -0.15) is 5.10 Å². The van der Waals surface area contributed by atoms with Gasteiger partial charge < -0.3 is 13.7 Å². The van der Waals surface area contributed by atoms with E-state index in [1.165, 1.54) is 12.0 Å². The zero-order chi connectivity index (χ0) is 17.9. The number of nitrogens with zero attached hydrogens (tertiary/aromatic N) is 5. The molecule has 0 spiro atoms. The Morgan fingerprint density at radius 2 is 2.15 bits per heavy atom. The maximum atomic E-state index is 12.9. The van der Waals surface area contributed by atoms with Crippen molar-refractivity contribution in [3.63, 3.8) is 0 Å². The van der Waals surface area contributed by atoms with Crippen molar-refractivity contribution in [1.82, 2.24) is 24.6 Å². The lowest BCUT2D eigenvalue weighted by Crippen LogP contribution is -2.35. The molecule has 1 aliphatic rings. The Bertz CT molecular complexity index is 867. The molecule has 0 bridgehead atoms. The fourth-order valence-electron chi connectivity index (χ4n) is 3.27. The van der Waals surface area contributed by atoms with Crippen LogP contribution in [0.5, 0.6) is 0 Å². The molecule has 4 rings (SSSR count). The quantitative estimate of drug-likeness (QED) is 0.712. The van der Waals surface area contributed by atoms with Gasteiger partial charge in [-0.1, -0.05) is 0 Å². The van der Waals surface area contributed by atoms with Crippen LogP contribution in [0.2, 0.25) is 0 Å². The molecular weight excluding hydrogens is 334 g/mol. The first-order valence-electron chi connectivity index (χ1n) is 8.67. The molecule has 0 saturated carbocycles. The van der Waals surface area contributed by atoms with Crippen LogP contribution < -0.4 is 0 Å². The van der Waals surface area contributed by atoms with Gasteiger partial charge in [0.1, 0.15) is 0 Å². The van der Waals surface area contributed by atoms with Gasteiger partial charge in [-0.3, -0.25) is 14.4 Å². The molecule has 8 heteroatoms. The first-order valence-corrected chi connectivity index (χ1v) is 8.67. The monoisotopic (exact) mass is 355 g/mol. The molecule has 3 aromatic heterocycles. The zero-order valence-corrected chi connectivity index (χ0v) is 14.7. The summed E-state index contributed by atoms with van der Waals surface area (Å²) in [4.78, 5) is 21.2. The highest BCUT2D eigenvalue weighted by atomic mass is 16.4. The Hall–Kier alpha value is -2.87. The number of aromatic nitrogens is 3. The smallest absolute Gasteiger partial charge is 0.276 e. The topological polar surface area (TPSA) is 80.5 Å². The minimum atomic E-state index is -0.117. The van der Waals surface area contributed by atoms with Gasteiger partial charge in [0.05, 0.1) is 12.5 Å². The Balaban J connectivity index is 1.43. The summed E-state index contributed by atoms with van der Waals surface area (Å²) < 4.78 is 12.5. The molecule has 0 radical (unpaired) electrons. The second-order valence-corrected chi connectivity index (χ2v) is 6.45. The first-order chi connectivity index (χ1) is 12.7. The largest absolute Gasteiger partial charge is 0.461 e. The fraction of sp³-hybridized carbons (Fsp3) is 0.389. The van der Waals surface area contributed by atoms with Crippen molar-refractivity contribution in [3.05, 3.63) is 48.4 Å². The Morgan fingerprint density at radius 1 is 1.23 bits per heavy atom. The van der Waals surface area contributed by atoms with Crippen LogP contribution in [0.15, 0.2) is 46.0 Å². The molecule has 26 heavy (non-hydrogen) atoms. The van der Waals surface area contributed by atoms with Crippen LogP contribution in [0, 0.1) is 0 Å². The van der Waals surface area contributed by atoms with Crippen molar-refractivity contribution < 1.29 is 13.6 Å². The highest BCUT2D eigenvalue weighted by molar-refractivity contribution is 5.97. The van der Waals surface area contributed by atoms with E-state index in [4.69, 9.17) is 8.83 Å². The number of amides is 1. The maximum absolute atomic E-state index is 12.9. The normalized spacial score (nSPS) is 16.0. The molecule has 1 fully saturated rings. The third-order valence-corrected chi connectivity index (χ3v) is 4.56. The third kappa shape index (κ3) is 3.41. The molecule has 0 aliphatic carbocycles. The van der Waals surface area contributed by atoms with Gasteiger partial charge in [0, 0.05) is 51.5 Å². The summed E-state index contributed by atoms with van der Waals surface area (Å²) in [5.41, 5.74) is 1.49. The predicted molar refractivity (Wildman–Crippen MR) is 93.2 cm³/mol. The molecule has 1 saturated heterocycles. The molecule has 0 unspecified atom stereocenters. The molecule has 0 atom stereocenters. The highest BCUT2D eigenvalue weighted by Gasteiger charge is 2.26. The molecule has 136 valence electrons. The molecule has 0 N–H and O–H groups in total. The Labute approximate surface area is 151 Å². The minimum Gasteiger partial charge on any atom is -0.461 e. The summed E-state index contributed by atoms with van der Waals surface area (Å²) in [5.74, 6) is 0.781. The molecule has 1 amide bonds. The molecule has 4 heterocycles. The molecule has 8 nitrogen and oxygen atoms in total. The van der Waals surface area contributed by atoms with Crippen LogP contribution in [0.3, 0.4) is 0 Å². The van der Waals surface area contributed by atoms with E-state index in [-0.39, 0.29) is 5.91 Å². The number of hydrogen-bond donors (Lipinski definition) is 0. The second-order valence-electron chi connectivity index (χ2n) is 6.45. The number of carbonyl (C=O) groups excluding carboxylic acids is 1. The van der Waals surface area contributed by atoms with Crippen LogP contribution >= 0.6 is 0 Å². The summed E-state index contributed by atoms with van der Waals surface area (Å²) in [6, 6.07) is 3.52. The van der Waals surface area contributed by atoms with Gasteiger partial charge in [0.15, 0.2) is 17.8 Å². The van der Waals surface area contributed by atoms with E-state index in [2.05, 4.69) is 15.0 Å². The number of carbonyl (C=O) groups is 1. The van der Waals surface area contributed by atoms with Crippen molar-refractivity contribution in [2.24, 2.45) is 7.05 Å². The Morgan fingerprint density at radius 3 is 2.92 bits per heavy atom. The second kappa shape index (κ2) is 7.17. The van der Waals surface area contributed by atoms with Gasteiger partial charge >= 0.3 is 0 Å². The number of furan rings is 1. The number of rotatable bonds is 4. The van der Waals surface area contributed by atoms with Crippen LogP contribution in [0.25, 0.3) is 11.5 Å². The molecule has 0 aromatic carbocycles. The third-order valence-electron chi connectivity index (χ3n) is 4.56. The van der Waals surface area contributed by atoms with Gasteiger partial charge in [0.25, 0.3) is 5.91 Å². The van der Waals surface area contributed by atoms with Gasteiger partial charge in [-0.05, 0) is 18.6 Å². The Kier molecular flexibility index (Phi) is 4.57. The van der Waals surface area contributed by atoms with E-state index in [0.29, 0.717) is 30.3 Å². The summed E-state index contributed by atoms with van der Waals surface area (Å²) in [7, 11) is 1.92. The van der Waals surface area contributed by atoms with E-state index in [0.717, 1.165) is 26.1 Å². The number of hydrogen-bond acceptors (Lipinski definition) is 6. The van der Waals surface area contributed by atoms with E-state index >= 15 is 0 Å². The summed E-state index contributed by atoms with van der Waals surface area (Å²) in [6.45, 7) is 3.96. The predicted octanol–water partition coefficient (Wildman–Crippen LogP) is 2.02. The average Bonchev–Trinajstić information content (AvgIpc) is 3.35. The van der Waals surface area contributed by atoms with E-state index in [1.54, 1.807) is 18.4 Å². The lowest BCUT2D eigenvalue weighted by Gasteiger charge is -2.21.